The molecule has 0 aliphatic rings. The van der Waals surface area contributed by atoms with Gasteiger partial charge in [-0.25, -0.2) is 17.6 Å². The van der Waals surface area contributed by atoms with Crippen molar-refractivity contribution in [3.05, 3.63) is 30.1 Å². The van der Waals surface area contributed by atoms with Crippen molar-refractivity contribution in [1.29, 1.82) is 0 Å². The van der Waals surface area contributed by atoms with Crippen LogP contribution in [0.4, 0.5) is 10.1 Å². The number of aliphatic carboxylic acids is 1. The lowest BCUT2D eigenvalue weighted by molar-refractivity contribution is -0.138. The normalized spacial score (nSPS) is 13.1. The highest BCUT2D eigenvalue weighted by atomic mass is 32.2. The van der Waals surface area contributed by atoms with Crippen LogP contribution in [-0.4, -0.2) is 31.8 Å². The molecule has 0 aliphatic heterocycles. The number of benzene rings is 1. The van der Waals surface area contributed by atoms with Crippen LogP contribution >= 0.6 is 0 Å². The van der Waals surface area contributed by atoms with Crippen LogP contribution in [0.15, 0.2) is 24.3 Å². The minimum absolute atomic E-state index is 0.00625. The summed E-state index contributed by atoms with van der Waals surface area (Å²) in [4.78, 5) is 11.1. The second kappa shape index (κ2) is 5.34. The van der Waals surface area contributed by atoms with Crippen LogP contribution in [0.1, 0.15) is 13.3 Å². The number of hydrogen-bond donors (Lipinski definition) is 1. The van der Waals surface area contributed by atoms with Crippen LogP contribution in [0.5, 0.6) is 0 Å². The minimum atomic E-state index is -3.81. The summed E-state index contributed by atoms with van der Waals surface area (Å²) < 4.78 is 37.2. The molecule has 0 saturated heterocycles. The number of rotatable bonds is 5. The molecule has 0 radical (unpaired) electrons. The monoisotopic (exact) mass is 275 g/mol. The number of anilines is 1. The Bertz CT molecular complexity index is 544. The van der Waals surface area contributed by atoms with E-state index in [4.69, 9.17) is 5.11 Å². The van der Waals surface area contributed by atoms with Crippen molar-refractivity contribution in [2.45, 2.75) is 19.4 Å². The molecule has 0 amide bonds. The average Bonchev–Trinajstić information content (AvgIpc) is 2.23. The third-order valence-corrected chi connectivity index (χ3v) is 3.55. The van der Waals surface area contributed by atoms with E-state index >= 15 is 0 Å². The van der Waals surface area contributed by atoms with Gasteiger partial charge in [0.05, 0.1) is 11.9 Å². The highest BCUT2D eigenvalue weighted by Crippen LogP contribution is 2.23. The molecule has 0 unspecified atom stereocenters. The maximum atomic E-state index is 13.1. The molecule has 0 bridgehead atoms. The number of halogens is 1. The van der Waals surface area contributed by atoms with Crippen LogP contribution in [0.2, 0.25) is 0 Å². The Balaban J connectivity index is 3.35. The largest absolute Gasteiger partial charge is 0.480 e. The van der Waals surface area contributed by atoms with E-state index in [0.717, 1.165) is 22.7 Å². The predicted molar refractivity (Wildman–Crippen MR) is 65.4 cm³/mol. The fourth-order valence-electron chi connectivity index (χ4n) is 1.66. The Morgan fingerprint density at radius 3 is 2.50 bits per heavy atom. The zero-order valence-electron chi connectivity index (χ0n) is 10.00. The first-order valence-corrected chi connectivity index (χ1v) is 7.10. The van der Waals surface area contributed by atoms with Gasteiger partial charge in [0.1, 0.15) is 11.9 Å². The van der Waals surface area contributed by atoms with Crippen LogP contribution in [0, 0.1) is 5.82 Å². The Hall–Kier alpha value is -1.63. The SMILES string of the molecule is CC[C@H](C(=O)O)N(c1cccc(F)c1)S(C)(=O)=O. The molecule has 0 saturated carbocycles. The van der Waals surface area contributed by atoms with Crippen molar-refractivity contribution in [1.82, 2.24) is 0 Å². The smallest absolute Gasteiger partial charge is 0.327 e. The summed E-state index contributed by atoms with van der Waals surface area (Å²) in [6.45, 7) is 1.55. The maximum absolute atomic E-state index is 13.1. The molecule has 100 valence electrons. The molecule has 1 atom stereocenters. The molecule has 1 aromatic rings. The topological polar surface area (TPSA) is 74.7 Å². The number of sulfonamides is 1. The molecule has 7 heteroatoms. The van der Waals surface area contributed by atoms with Crippen molar-refractivity contribution in [3.8, 4) is 0 Å². The summed E-state index contributed by atoms with van der Waals surface area (Å²) in [7, 11) is -3.81. The van der Waals surface area contributed by atoms with Gasteiger partial charge < -0.3 is 5.11 Å². The summed E-state index contributed by atoms with van der Waals surface area (Å²) >= 11 is 0. The van der Waals surface area contributed by atoms with E-state index in [-0.39, 0.29) is 12.1 Å². The Kier molecular flexibility index (Phi) is 4.28. The summed E-state index contributed by atoms with van der Waals surface area (Å²) in [6.07, 6.45) is 0.975. The molecule has 5 nitrogen and oxygen atoms in total. The van der Waals surface area contributed by atoms with Crippen molar-refractivity contribution >= 4 is 21.7 Å². The quantitative estimate of drug-likeness (QED) is 0.882. The second-order valence-corrected chi connectivity index (χ2v) is 5.66. The number of carbonyl (C=O) groups is 1. The van der Waals surface area contributed by atoms with Gasteiger partial charge in [0, 0.05) is 0 Å². The van der Waals surface area contributed by atoms with Gasteiger partial charge in [-0.15, -0.1) is 0 Å². The first kappa shape index (κ1) is 14.4. The van der Waals surface area contributed by atoms with Gasteiger partial charge in [0.25, 0.3) is 0 Å². The molecule has 1 N–H and O–H groups in total. The van der Waals surface area contributed by atoms with Crippen molar-refractivity contribution in [2.24, 2.45) is 0 Å². The van der Waals surface area contributed by atoms with Crippen molar-refractivity contribution in [2.75, 3.05) is 10.6 Å². The molecular weight excluding hydrogens is 261 g/mol. The van der Waals surface area contributed by atoms with Gasteiger partial charge in [-0.2, -0.15) is 0 Å². The number of nitrogens with zero attached hydrogens (tertiary/aromatic N) is 1. The van der Waals surface area contributed by atoms with Gasteiger partial charge in [-0.05, 0) is 24.6 Å². The summed E-state index contributed by atoms with van der Waals surface area (Å²) in [5, 5.41) is 9.04. The molecule has 0 fully saturated rings. The fourth-order valence-corrected chi connectivity index (χ4v) is 2.85. The maximum Gasteiger partial charge on any atom is 0.327 e. The molecule has 0 heterocycles. The minimum Gasteiger partial charge on any atom is -0.480 e. The van der Waals surface area contributed by atoms with E-state index in [1.807, 2.05) is 0 Å². The number of hydrogen-bond acceptors (Lipinski definition) is 3. The lowest BCUT2D eigenvalue weighted by Gasteiger charge is -2.27. The van der Waals surface area contributed by atoms with E-state index in [9.17, 15) is 17.6 Å². The molecule has 18 heavy (non-hydrogen) atoms. The summed E-state index contributed by atoms with van der Waals surface area (Å²) in [5.74, 6) is -1.89. The molecule has 1 rings (SSSR count). The Labute approximate surface area is 105 Å². The summed E-state index contributed by atoms with van der Waals surface area (Å²) in [6, 6.07) is 3.59. The molecule has 0 aromatic heterocycles. The van der Waals surface area contributed by atoms with Crippen LogP contribution < -0.4 is 4.31 Å². The van der Waals surface area contributed by atoms with Gasteiger partial charge in [-0.1, -0.05) is 13.0 Å². The zero-order valence-corrected chi connectivity index (χ0v) is 10.8. The van der Waals surface area contributed by atoms with Crippen LogP contribution in [-0.2, 0) is 14.8 Å². The molecule has 1 aromatic carbocycles. The van der Waals surface area contributed by atoms with Gasteiger partial charge in [0.2, 0.25) is 10.0 Å². The van der Waals surface area contributed by atoms with Crippen LogP contribution in [0.25, 0.3) is 0 Å². The van der Waals surface area contributed by atoms with E-state index in [1.54, 1.807) is 6.92 Å². The van der Waals surface area contributed by atoms with Crippen molar-refractivity contribution < 1.29 is 22.7 Å². The van der Waals surface area contributed by atoms with Crippen LogP contribution in [0.3, 0.4) is 0 Å². The van der Waals surface area contributed by atoms with E-state index in [1.165, 1.54) is 12.1 Å². The lowest BCUT2D eigenvalue weighted by atomic mass is 10.2. The third kappa shape index (κ3) is 3.19. The molecule has 0 aliphatic carbocycles. The first-order chi connectivity index (χ1) is 8.27. The second-order valence-electron chi connectivity index (χ2n) is 3.80. The van der Waals surface area contributed by atoms with Gasteiger partial charge in [0.15, 0.2) is 0 Å². The molecule has 0 spiro atoms. The Morgan fingerprint density at radius 1 is 1.50 bits per heavy atom. The molecular formula is C11H14FNO4S. The predicted octanol–water partition coefficient (Wildman–Crippen LogP) is 1.45. The fraction of sp³-hybridized carbons (Fsp3) is 0.364. The highest BCUT2D eigenvalue weighted by molar-refractivity contribution is 7.92. The van der Waals surface area contributed by atoms with E-state index < -0.39 is 27.9 Å². The first-order valence-electron chi connectivity index (χ1n) is 5.25. The van der Waals surface area contributed by atoms with Gasteiger partial charge in [-0.3, -0.25) is 4.31 Å². The third-order valence-electron chi connectivity index (χ3n) is 2.37. The standard InChI is InChI=1S/C11H14FNO4S/c1-3-10(11(14)15)13(18(2,16)17)9-6-4-5-8(12)7-9/h4-7,10H,3H2,1-2H3,(H,14,15)/t10-/m1/s1. The average molecular weight is 275 g/mol. The van der Waals surface area contributed by atoms with E-state index in [0.29, 0.717) is 0 Å². The van der Waals surface area contributed by atoms with Crippen molar-refractivity contribution in [3.63, 3.8) is 0 Å². The summed E-state index contributed by atoms with van der Waals surface area (Å²) in [5.41, 5.74) is 0.00625. The number of carboxylic acid groups (broad SMARTS) is 1. The van der Waals surface area contributed by atoms with E-state index in [2.05, 4.69) is 0 Å². The highest BCUT2D eigenvalue weighted by Gasteiger charge is 2.31. The Morgan fingerprint density at radius 2 is 2.11 bits per heavy atom. The lowest BCUT2D eigenvalue weighted by Crippen LogP contribution is -2.44. The number of carboxylic acids is 1. The zero-order chi connectivity index (χ0) is 13.9. The van der Waals surface area contributed by atoms with Gasteiger partial charge >= 0.3 is 5.97 Å².